The molecule has 0 atom stereocenters. The first-order valence-corrected chi connectivity index (χ1v) is 8.40. The molecule has 0 amide bonds. The maximum atomic E-state index is 12.8. The molecular formula is C17H20O4S. The van der Waals surface area contributed by atoms with Crippen LogP contribution in [0.3, 0.4) is 0 Å². The van der Waals surface area contributed by atoms with Gasteiger partial charge < -0.3 is 10.2 Å². The summed E-state index contributed by atoms with van der Waals surface area (Å²) in [5, 5.41) is 19.4. The van der Waals surface area contributed by atoms with E-state index in [4.69, 9.17) is 0 Å². The molecule has 118 valence electrons. The number of benzene rings is 2. The molecule has 0 fully saturated rings. The maximum Gasteiger partial charge on any atom is 0.210 e. The van der Waals surface area contributed by atoms with E-state index < -0.39 is 9.84 Å². The minimum absolute atomic E-state index is 0.00381. The van der Waals surface area contributed by atoms with Gasteiger partial charge in [-0.2, -0.15) is 0 Å². The Morgan fingerprint density at radius 3 is 2.09 bits per heavy atom. The fraction of sp³-hybridized carbons (Fsp3) is 0.294. The molecule has 0 aromatic heterocycles. The maximum absolute atomic E-state index is 12.8. The third-order valence-corrected chi connectivity index (χ3v) is 5.51. The summed E-state index contributed by atoms with van der Waals surface area (Å²) >= 11 is 0. The van der Waals surface area contributed by atoms with Crippen molar-refractivity contribution in [1.82, 2.24) is 0 Å². The second kappa shape index (κ2) is 5.32. The van der Waals surface area contributed by atoms with Crippen molar-refractivity contribution in [2.45, 2.75) is 42.9 Å². The highest BCUT2D eigenvalue weighted by molar-refractivity contribution is 7.91. The molecule has 0 spiro atoms. The normalized spacial score (nSPS) is 12.4. The van der Waals surface area contributed by atoms with Crippen molar-refractivity contribution in [2.75, 3.05) is 0 Å². The Bertz CT molecular complexity index is 815. The zero-order valence-electron chi connectivity index (χ0n) is 13.1. The van der Waals surface area contributed by atoms with Crippen molar-refractivity contribution >= 4 is 9.84 Å². The number of hydrogen-bond acceptors (Lipinski definition) is 4. The monoisotopic (exact) mass is 320 g/mol. The fourth-order valence-electron chi connectivity index (χ4n) is 2.25. The van der Waals surface area contributed by atoms with E-state index >= 15 is 0 Å². The minimum atomic E-state index is -3.86. The second-order valence-electron chi connectivity index (χ2n) is 6.39. The van der Waals surface area contributed by atoms with Crippen molar-refractivity contribution in [1.29, 1.82) is 0 Å². The van der Waals surface area contributed by atoms with Crippen LogP contribution in [0.25, 0.3) is 0 Å². The van der Waals surface area contributed by atoms with Gasteiger partial charge in [-0.05, 0) is 53.8 Å². The van der Waals surface area contributed by atoms with E-state index in [0.29, 0.717) is 5.56 Å². The molecule has 0 bridgehead atoms. The van der Waals surface area contributed by atoms with E-state index in [0.717, 1.165) is 5.56 Å². The van der Waals surface area contributed by atoms with Gasteiger partial charge in [-0.15, -0.1) is 0 Å². The molecule has 2 aromatic carbocycles. The summed E-state index contributed by atoms with van der Waals surface area (Å²) in [6.07, 6.45) is 0. The van der Waals surface area contributed by atoms with E-state index in [1.165, 1.54) is 30.3 Å². The van der Waals surface area contributed by atoms with Crippen LogP contribution < -0.4 is 0 Å². The number of rotatable bonds is 2. The molecule has 2 aromatic rings. The second-order valence-corrected chi connectivity index (χ2v) is 8.27. The zero-order chi connectivity index (χ0) is 16.7. The van der Waals surface area contributed by atoms with Crippen LogP contribution in [0.4, 0.5) is 0 Å². The topological polar surface area (TPSA) is 74.6 Å². The summed E-state index contributed by atoms with van der Waals surface area (Å²) in [6.45, 7) is 7.53. The first kappa shape index (κ1) is 16.4. The summed E-state index contributed by atoms with van der Waals surface area (Å²) in [4.78, 5) is -0.0413. The highest BCUT2D eigenvalue weighted by atomic mass is 32.2. The van der Waals surface area contributed by atoms with E-state index in [-0.39, 0.29) is 26.7 Å². The van der Waals surface area contributed by atoms with Gasteiger partial charge in [0, 0.05) is 0 Å². The van der Waals surface area contributed by atoms with Gasteiger partial charge in [0.25, 0.3) is 0 Å². The van der Waals surface area contributed by atoms with Crippen LogP contribution in [0.1, 0.15) is 31.9 Å². The molecule has 0 aliphatic carbocycles. The average molecular weight is 320 g/mol. The molecule has 0 aliphatic heterocycles. The van der Waals surface area contributed by atoms with Crippen LogP contribution in [0.2, 0.25) is 0 Å². The summed E-state index contributed by atoms with van der Waals surface area (Å²) in [7, 11) is -3.86. The predicted octanol–water partition coefficient (Wildman–Crippen LogP) is 3.54. The SMILES string of the molecule is Cc1cc(O)ccc1S(=O)(=O)c1cc(C(C)(C)C)ccc1O. The molecule has 0 radical (unpaired) electrons. The molecule has 22 heavy (non-hydrogen) atoms. The Kier molecular flexibility index (Phi) is 3.96. The van der Waals surface area contributed by atoms with Crippen LogP contribution in [-0.2, 0) is 15.3 Å². The molecule has 2 N–H and O–H groups in total. The summed E-state index contributed by atoms with van der Waals surface area (Å²) in [5.41, 5.74) is 1.02. The van der Waals surface area contributed by atoms with Gasteiger partial charge in [-0.25, -0.2) is 8.42 Å². The largest absolute Gasteiger partial charge is 0.508 e. The molecule has 0 saturated heterocycles. The van der Waals surface area contributed by atoms with Crippen molar-refractivity contribution in [3.8, 4) is 11.5 Å². The van der Waals surface area contributed by atoms with Crippen molar-refractivity contribution in [3.05, 3.63) is 47.5 Å². The van der Waals surface area contributed by atoms with Gasteiger partial charge in [-0.1, -0.05) is 26.8 Å². The number of aryl methyl sites for hydroxylation is 1. The van der Waals surface area contributed by atoms with Crippen LogP contribution >= 0.6 is 0 Å². The lowest BCUT2D eigenvalue weighted by Crippen LogP contribution is -2.13. The number of aromatic hydroxyl groups is 2. The highest BCUT2D eigenvalue weighted by Gasteiger charge is 2.26. The first-order valence-electron chi connectivity index (χ1n) is 6.91. The standard InChI is InChI=1S/C17H20O4S/c1-11-9-13(18)6-8-15(11)22(20,21)16-10-12(17(2,3)4)5-7-14(16)19/h5-10,18-19H,1-4H3. The zero-order valence-corrected chi connectivity index (χ0v) is 13.9. The van der Waals surface area contributed by atoms with E-state index in [1.54, 1.807) is 13.0 Å². The van der Waals surface area contributed by atoms with E-state index in [1.807, 2.05) is 20.8 Å². The molecule has 0 heterocycles. The Balaban J connectivity index is 2.68. The lowest BCUT2D eigenvalue weighted by molar-refractivity contribution is 0.457. The van der Waals surface area contributed by atoms with Crippen LogP contribution in [0, 0.1) is 6.92 Å². The van der Waals surface area contributed by atoms with Gasteiger partial charge >= 0.3 is 0 Å². The molecule has 0 unspecified atom stereocenters. The molecule has 2 rings (SSSR count). The van der Waals surface area contributed by atoms with E-state index in [9.17, 15) is 18.6 Å². The summed E-state index contributed by atoms with van der Waals surface area (Å²) in [5.74, 6) is -0.274. The van der Waals surface area contributed by atoms with Gasteiger partial charge in [0.1, 0.15) is 16.4 Å². The van der Waals surface area contributed by atoms with Gasteiger partial charge in [0.15, 0.2) is 0 Å². The Morgan fingerprint density at radius 1 is 0.909 bits per heavy atom. The lowest BCUT2D eigenvalue weighted by Gasteiger charge is -2.20. The van der Waals surface area contributed by atoms with Crippen LogP contribution in [-0.4, -0.2) is 18.6 Å². The Labute approximate surface area is 131 Å². The molecule has 5 heteroatoms. The summed E-state index contributed by atoms with van der Waals surface area (Å²) in [6, 6.07) is 8.70. The average Bonchev–Trinajstić information content (AvgIpc) is 2.36. The number of phenols is 2. The highest BCUT2D eigenvalue weighted by Crippen LogP contribution is 2.34. The first-order chi connectivity index (χ1) is 10.0. The molecular weight excluding hydrogens is 300 g/mol. The quantitative estimate of drug-likeness (QED) is 0.887. The van der Waals surface area contributed by atoms with E-state index in [2.05, 4.69) is 0 Å². The fourth-order valence-corrected chi connectivity index (χ4v) is 3.84. The van der Waals surface area contributed by atoms with Crippen LogP contribution in [0.5, 0.6) is 11.5 Å². The third kappa shape index (κ3) is 2.95. The Morgan fingerprint density at radius 2 is 1.55 bits per heavy atom. The number of sulfone groups is 1. The Hall–Kier alpha value is -2.01. The van der Waals surface area contributed by atoms with Gasteiger partial charge in [0.05, 0.1) is 4.90 Å². The van der Waals surface area contributed by atoms with Gasteiger partial charge in [-0.3, -0.25) is 0 Å². The molecule has 0 aliphatic rings. The van der Waals surface area contributed by atoms with Crippen molar-refractivity contribution in [3.63, 3.8) is 0 Å². The van der Waals surface area contributed by atoms with Gasteiger partial charge in [0.2, 0.25) is 9.84 Å². The predicted molar refractivity (Wildman–Crippen MR) is 85.1 cm³/mol. The molecule has 0 saturated carbocycles. The lowest BCUT2D eigenvalue weighted by atomic mass is 9.87. The van der Waals surface area contributed by atoms with Crippen molar-refractivity contribution < 1.29 is 18.6 Å². The number of hydrogen-bond donors (Lipinski definition) is 2. The summed E-state index contributed by atoms with van der Waals surface area (Å²) < 4.78 is 25.6. The van der Waals surface area contributed by atoms with Crippen LogP contribution in [0.15, 0.2) is 46.2 Å². The number of phenolic OH excluding ortho intramolecular Hbond substituents is 2. The minimum Gasteiger partial charge on any atom is -0.508 e. The van der Waals surface area contributed by atoms with Crippen molar-refractivity contribution in [2.24, 2.45) is 0 Å². The smallest absolute Gasteiger partial charge is 0.210 e. The molecule has 4 nitrogen and oxygen atoms in total. The third-order valence-electron chi connectivity index (χ3n) is 3.56.